The Bertz CT molecular complexity index is 1240. The van der Waals surface area contributed by atoms with E-state index in [0.717, 1.165) is 35.7 Å². The van der Waals surface area contributed by atoms with Gasteiger partial charge in [0.2, 0.25) is 0 Å². The lowest BCUT2D eigenvalue weighted by Crippen LogP contribution is -2.49. The molecule has 2 aromatic carbocycles. The molecule has 0 N–H and O–H groups in total. The van der Waals surface area contributed by atoms with Gasteiger partial charge in [-0.3, -0.25) is 4.79 Å². The molecule has 0 atom stereocenters. The summed E-state index contributed by atoms with van der Waals surface area (Å²) in [6.07, 6.45) is 1.74. The summed E-state index contributed by atoms with van der Waals surface area (Å²) >= 11 is 0. The molecular formula is C28H30N4O. The van der Waals surface area contributed by atoms with E-state index in [9.17, 15) is 10.1 Å². The number of piperazine rings is 1. The SMILES string of the molecule is Cc1ccc(-n2c(C)cc(/C=C(/C#N)C(=O)N3CCN(c4ccccc4)CC3)c2C)cc1C. The Morgan fingerprint density at radius 2 is 1.58 bits per heavy atom. The van der Waals surface area contributed by atoms with Gasteiger partial charge in [-0.2, -0.15) is 5.26 Å². The van der Waals surface area contributed by atoms with E-state index in [1.807, 2.05) is 31.2 Å². The first-order valence-corrected chi connectivity index (χ1v) is 11.4. The molecule has 0 bridgehead atoms. The minimum Gasteiger partial charge on any atom is -0.368 e. The monoisotopic (exact) mass is 438 g/mol. The van der Waals surface area contributed by atoms with E-state index in [2.05, 4.69) is 66.6 Å². The predicted molar refractivity (Wildman–Crippen MR) is 134 cm³/mol. The summed E-state index contributed by atoms with van der Waals surface area (Å²) in [5.74, 6) is -0.193. The molecule has 4 rings (SSSR count). The summed E-state index contributed by atoms with van der Waals surface area (Å²) < 4.78 is 2.18. The van der Waals surface area contributed by atoms with Crippen LogP contribution in [0.2, 0.25) is 0 Å². The summed E-state index contributed by atoms with van der Waals surface area (Å²) in [6.45, 7) is 11.0. The van der Waals surface area contributed by atoms with Crippen LogP contribution in [0.3, 0.4) is 0 Å². The predicted octanol–water partition coefficient (Wildman–Crippen LogP) is 4.97. The summed E-state index contributed by atoms with van der Waals surface area (Å²) in [7, 11) is 0. The van der Waals surface area contributed by atoms with E-state index >= 15 is 0 Å². The fraction of sp³-hybridized carbons (Fsp3) is 0.286. The van der Waals surface area contributed by atoms with Crippen LogP contribution >= 0.6 is 0 Å². The van der Waals surface area contributed by atoms with Gasteiger partial charge in [-0.1, -0.05) is 24.3 Å². The van der Waals surface area contributed by atoms with Crippen molar-refractivity contribution in [2.24, 2.45) is 0 Å². The smallest absolute Gasteiger partial charge is 0.264 e. The molecule has 2 heterocycles. The Kier molecular flexibility index (Phi) is 6.37. The molecule has 1 saturated heterocycles. The van der Waals surface area contributed by atoms with Crippen LogP contribution in [0.25, 0.3) is 11.8 Å². The molecule has 0 saturated carbocycles. The zero-order valence-corrected chi connectivity index (χ0v) is 19.8. The van der Waals surface area contributed by atoms with Crippen LogP contribution in [0.4, 0.5) is 5.69 Å². The summed E-state index contributed by atoms with van der Waals surface area (Å²) in [5.41, 5.74) is 7.93. The number of carbonyl (C=O) groups is 1. The second-order valence-corrected chi connectivity index (χ2v) is 8.72. The Hall–Kier alpha value is -3.78. The number of benzene rings is 2. The van der Waals surface area contributed by atoms with Gasteiger partial charge in [0.1, 0.15) is 11.6 Å². The minimum absolute atomic E-state index is 0.184. The van der Waals surface area contributed by atoms with E-state index in [1.165, 1.54) is 16.8 Å². The van der Waals surface area contributed by atoms with Crippen LogP contribution in [0.5, 0.6) is 0 Å². The van der Waals surface area contributed by atoms with E-state index in [1.54, 1.807) is 11.0 Å². The van der Waals surface area contributed by atoms with Gasteiger partial charge in [0.15, 0.2) is 0 Å². The Labute approximate surface area is 196 Å². The van der Waals surface area contributed by atoms with Gasteiger partial charge in [0.25, 0.3) is 5.91 Å². The first kappa shape index (κ1) is 22.4. The van der Waals surface area contributed by atoms with Crippen molar-refractivity contribution in [1.82, 2.24) is 9.47 Å². The first-order valence-electron chi connectivity index (χ1n) is 11.4. The lowest BCUT2D eigenvalue weighted by atomic mass is 10.1. The minimum atomic E-state index is -0.193. The van der Waals surface area contributed by atoms with Crippen LogP contribution in [0, 0.1) is 39.0 Å². The zero-order chi connectivity index (χ0) is 23.5. The quantitative estimate of drug-likeness (QED) is 0.427. The Balaban J connectivity index is 1.54. The number of nitrogens with zero attached hydrogens (tertiary/aromatic N) is 4. The molecule has 1 fully saturated rings. The van der Waals surface area contributed by atoms with Crippen molar-refractivity contribution in [2.45, 2.75) is 27.7 Å². The molecule has 0 aliphatic carbocycles. The maximum atomic E-state index is 13.1. The van der Waals surface area contributed by atoms with Crippen molar-refractivity contribution in [3.05, 3.63) is 88.2 Å². The maximum absolute atomic E-state index is 13.1. The van der Waals surface area contributed by atoms with Crippen molar-refractivity contribution in [2.75, 3.05) is 31.1 Å². The topological polar surface area (TPSA) is 52.3 Å². The largest absolute Gasteiger partial charge is 0.368 e. The lowest BCUT2D eigenvalue weighted by Gasteiger charge is -2.36. The highest BCUT2D eigenvalue weighted by Gasteiger charge is 2.24. The van der Waals surface area contributed by atoms with E-state index < -0.39 is 0 Å². The molecule has 1 aliphatic heterocycles. The molecule has 5 heteroatoms. The molecule has 1 amide bonds. The molecule has 0 spiro atoms. The first-order chi connectivity index (χ1) is 15.9. The fourth-order valence-corrected chi connectivity index (χ4v) is 4.47. The van der Waals surface area contributed by atoms with Gasteiger partial charge in [-0.15, -0.1) is 0 Å². The summed E-state index contributed by atoms with van der Waals surface area (Å²) in [4.78, 5) is 17.2. The van der Waals surface area contributed by atoms with E-state index in [4.69, 9.17) is 0 Å². The molecule has 0 radical (unpaired) electrons. The van der Waals surface area contributed by atoms with Crippen molar-refractivity contribution in [3.63, 3.8) is 0 Å². The number of rotatable bonds is 4. The summed E-state index contributed by atoms with van der Waals surface area (Å²) in [6, 6.07) is 20.8. The fourth-order valence-electron chi connectivity index (χ4n) is 4.47. The molecule has 0 unspecified atom stereocenters. The van der Waals surface area contributed by atoms with Gasteiger partial charge in [0.05, 0.1) is 0 Å². The standard InChI is InChI=1S/C28H30N4O/c1-20-10-11-27(16-21(20)2)32-22(3)17-24(23(32)4)18-25(19-29)28(33)31-14-12-30(13-15-31)26-8-6-5-7-9-26/h5-11,16-18H,12-15H2,1-4H3/b25-18-. The number of anilines is 1. The van der Waals surface area contributed by atoms with E-state index in [-0.39, 0.29) is 11.5 Å². The van der Waals surface area contributed by atoms with Crippen molar-refractivity contribution >= 4 is 17.7 Å². The van der Waals surface area contributed by atoms with Crippen LogP contribution in [0.15, 0.2) is 60.2 Å². The van der Waals surface area contributed by atoms with Crippen LogP contribution in [-0.4, -0.2) is 41.6 Å². The number of para-hydroxylation sites is 1. The van der Waals surface area contributed by atoms with Gasteiger partial charge >= 0.3 is 0 Å². The molecular weight excluding hydrogens is 408 g/mol. The third-order valence-corrected chi connectivity index (χ3v) is 6.56. The molecule has 3 aromatic rings. The van der Waals surface area contributed by atoms with Gasteiger partial charge in [-0.05, 0) is 80.8 Å². The van der Waals surface area contributed by atoms with Crippen LogP contribution in [0.1, 0.15) is 28.1 Å². The number of aromatic nitrogens is 1. The molecule has 33 heavy (non-hydrogen) atoms. The second kappa shape index (κ2) is 9.38. The van der Waals surface area contributed by atoms with Crippen molar-refractivity contribution in [3.8, 4) is 11.8 Å². The Morgan fingerprint density at radius 1 is 0.879 bits per heavy atom. The highest BCUT2D eigenvalue weighted by molar-refractivity contribution is 6.02. The van der Waals surface area contributed by atoms with E-state index in [0.29, 0.717) is 13.1 Å². The van der Waals surface area contributed by atoms with Gasteiger partial charge in [0, 0.05) is 48.9 Å². The van der Waals surface area contributed by atoms with Crippen LogP contribution < -0.4 is 4.90 Å². The van der Waals surface area contributed by atoms with Crippen molar-refractivity contribution < 1.29 is 4.79 Å². The highest BCUT2D eigenvalue weighted by atomic mass is 16.2. The number of hydrogen-bond donors (Lipinski definition) is 0. The lowest BCUT2D eigenvalue weighted by molar-refractivity contribution is -0.126. The molecule has 168 valence electrons. The average Bonchev–Trinajstić information content (AvgIpc) is 3.12. The van der Waals surface area contributed by atoms with Crippen LogP contribution in [-0.2, 0) is 4.79 Å². The highest BCUT2D eigenvalue weighted by Crippen LogP contribution is 2.25. The van der Waals surface area contributed by atoms with Gasteiger partial charge in [-0.25, -0.2) is 0 Å². The third-order valence-electron chi connectivity index (χ3n) is 6.56. The molecule has 1 aromatic heterocycles. The number of amides is 1. The number of hydrogen-bond acceptors (Lipinski definition) is 3. The third kappa shape index (κ3) is 4.56. The maximum Gasteiger partial charge on any atom is 0.264 e. The zero-order valence-electron chi connectivity index (χ0n) is 19.8. The molecule has 5 nitrogen and oxygen atoms in total. The summed E-state index contributed by atoms with van der Waals surface area (Å²) in [5, 5.41) is 9.79. The normalized spacial score (nSPS) is 14.3. The second-order valence-electron chi connectivity index (χ2n) is 8.72. The number of nitriles is 1. The Morgan fingerprint density at radius 3 is 2.21 bits per heavy atom. The number of aryl methyl sites for hydroxylation is 3. The average molecular weight is 439 g/mol. The van der Waals surface area contributed by atoms with Crippen molar-refractivity contribution in [1.29, 1.82) is 5.26 Å². The van der Waals surface area contributed by atoms with Gasteiger partial charge < -0.3 is 14.4 Å². The number of carbonyl (C=O) groups excluding carboxylic acids is 1. The molecule has 1 aliphatic rings.